The van der Waals surface area contributed by atoms with E-state index in [1.807, 2.05) is 0 Å². The second-order valence-electron chi connectivity index (χ2n) is 33.5. The maximum atomic E-state index is 13.3. The van der Waals surface area contributed by atoms with E-state index in [4.69, 9.17) is 10.2 Å². The van der Waals surface area contributed by atoms with E-state index in [9.17, 15) is 39.6 Å². The first-order chi connectivity index (χ1) is 50.6. The van der Waals surface area contributed by atoms with E-state index in [2.05, 4.69) is 65.2 Å². The lowest BCUT2D eigenvalue weighted by Gasteiger charge is -2.31. The van der Waals surface area contributed by atoms with Gasteiger partial charge in [-0.15, -0.1) is 0 Å². The molecular formula is C92H182N2O10. The van der Waals surface area contributed by atoms with E-state index in [-0.39, 0.29) is 26.1 Å². The maximum absolute atomic E-state index is 13.3. The minimum atomic E-state index is -0.707. The van der Waals surface area contributed by atoms with Gasteiger partial charge in [-0.2, -0.15) is 0 Å². The van der Waals surface area contributed by atoms with Crippen molar-refractivity contribution in [3.63, 3.8) is 0 Å². The Labute approximate surface area is 646 Å². The van der Waals surface area contributed by atoms with Crippen LogP contribution in [0.15, 0.2) is 0 Å². The van der Waals surface area contributed by atoms with Crippen molar-refractivity contribution in [3.8, 4) is 0 Å². The van der Waals surface area contributed by atoms with Crippen LogP contribution in [0.5, 0.6) is 0 Å². The summed E-state index contributed by atoms with van der Waals surface area (Å²) in [6.45, 7) is 24.0. The largest absolute Gasteiger partial charge is 0.481 e. The van der Waals surface area contributed by atoms with Gasteiger partial charge in [-0.3, -0.25) is 19.2 Å². The molecule has 6 N–H and O–H groups in total. The number of carboxylic acid groups (broad SMARTS) is 4. The zero-order valence-electron chi connectivity index (χ0n) is 70.8. The minimum absolute atomic E-state index is 0.176. The maximum Gasteiger partial charge on any atom is 0.309 e. The molecule has 0 saturated carbocycles. The fourth-order valence-corrected chi connectivity index (χ4v) is 17.0. The predicted octanol–water partition coefficient (Wildman–Crippen LogP) is 27.2. The summed E-state index contributed by atoms with van der Waals surface area (Å²) in [6.07, 6.45) is 74.8. The smallest absolute Gasteiger partial charge is 0.309 e. The van der Waals surface area contributed by atoms with Gasteiger partial charge in [0.25, 0.3) is 0 Å². The van der Waals surface area contributed by atoms with E-state index in [1.54, 1.807) is 0 Å². The fourth-order valence-electron chi connectivity index (χ4n) is 17.0. The molecule has 12 heteroatoms. The molecule has 0 spiro atoms. The van der Waals surface area contributed by atoms with Gasteiger partial charge in [-0.1, -0.05) is 389 Å². The van der Waals surface area contributed by atoms with Gasteiger partial charge in [0.15, 0.2) is 0 Å². The SMILES string of the molecule is CCCCCC(CCCCC)CCCC(CCCCCCN(CCO)CCCCCCCC(=O)O)(CCCC(CCCCC)CCCCC)C(=O)O.CCCCCC(CCCCC)CCCC(CCCCCCN(CCO)CCCCCCCC(=O)O)(CCCC(CCCCC)CCCCC)C(=O)O. The van der Waals surface area contributed by atoms with Crippen molar-refractivity contribution in [1.82, 2.24) is 9.80 Å². The van der Waals surface area contributed by atoms with Crippen LogP contribution in [0.4, 0.5) is 0 Å². The van der Waals surface area contributed by atoms with Gasteiger partial charge in [0.2, 0.25) is 0 Å². The normalized spacial score (nSPS) is 12.2. The van der Waals surface area contributed by atoms with Crippen LogP contribution in [-0.4, -0.2) is 117 Å². The highest BCUT2D eigenvalue weighted by molar-refractivity contribution is 5.75. The van der Waals surface area contributed by atoms with E-state index in [0.717, 1.165) is 230 Å². The fraction of sp³-hybridized carbons (Fsp3) is 0.957. The lowest BCUT2D eigenvalue weighted by Crippen LogP contribution is -2.32. The summed E-state index contributed by atoms with van der Waals surface area (Å²) in [7, 11) is 0. The molecule has 0 rings (SSSR count). The van der Waals surface area contributed by atoms with Gasteiger partial charge in [0.1, 0.15) is 0 Å². The summed E-state index contributed by atoms with van der Waals surface area (Å²) in [5.41, 5.74) is -1.16. The van der Waals surface area contributed by atoms with Crippen LogP contribution in [-0.2, 0) is 19.2 Å². The molecule has 0 aromatic rings. The van der Waals surface area contributed by atoms with Gasteiger partial charge in [-0.05, 0) is 127 Å². The van der Waals surface area contributed by atoms with Crippen molar-refractivity contribution in [2.45, 2.75) is 479 Å². The van der Waals surface area contributed by atoms with Crippen molar-refractivity contribution in [3.05, 3.63) is 0 Å². The van der Waals surface area contributed by atoms with Crippen LogP contribution in [0, 0.1) is 34.5 Å². The Morgan fingerprint density at radius 1 is 0.231 bits per heavy atom. The number of carboxylic acids is 4. The Bertz CT molecular complexity index is 1610. The van der Waals surface area contributed by atoms with Gasteiger partial charge >= 0.3 is 23.9 Å². The standard InChI is InChI=1S/2C46H91NO5/c2*1-5-9-18-28-42(29-19-10-6-2)32-26-36-46(45(51)52,37-27-33-43(30-20-11-7-3)31-21-12-8-4)35-23-15-17-25-39-47(40-41-48)38-24-16-13-14-22-34-44(49)50/h2*42-43,48H,5-41H2,1-4H3,(H,49,50)(H,51,52). The molecule has 0 bridgehead atoms. The number of unbranched alkanes of at least 4 members (excludes halogenated alkanes) is 30. The highest BCUT2D eigenvalue weighted by Gasteiger charge is 2.39. The van der Waals surface area contributed by atoms with Crippen molar-refractivity contribution in [1.29, 1.82) is 0 Å². The lowest BCUT2D eigenvalue weighted by molar-refractivity contribution is -0.151. The summed E-state index contributed by atoms with van der Waals surface area (Å²) < 4.78 is 0. The van der Waals surface area contributed by atoms with Crippen molar-refractivity contribution < 1.29 is 49.8 Å². The van der Waals surface area contributed by atoms with Gasteiger partial charge in [-0.25, -0.2) is 0 Å². The van der Waals surface area contributed by atoms with E-state index >= 15 is 0 Å². The molecule has 104 heavy (non-hydrogen) atoms. The number of hydrogen-bond donors (Lipinski definition) is 6. The molecule has 0 aliphatic heterocycles. The second-order valence-corrected chi connectivity index (χ2v) is 33.5. The summed E-state index contributed by atoms with van der Waals surface area (Å²) in [5.74, 6) is 0.534. The number of nitrogens with zero attached hydrogens (tertiary/aromatic N) is 2. The number of hydrogen-bond acceptors (Lipinski definition) is 8. The first-order valence-corrected chi connectivity index (χ1v) is 46.1. The lowest BCUT2D eigenvalue weighted by atomic mass is 9.72. The van der Waals surface area contributed by atoms with Crippen LogP contribution >= 0.6 is 0 Å². The van der Waals surface area contributed by atoms with Crippen LogP contribution < -0.4 is 0 Å². The van der Waals surface area contributed by atoms with Crippen molar-refractivity contribution in [2.24, 2.45) is 34.5 Å². The molecular weight excluding hydrogens is 1290 g/mol. The zero-order chi connectivity index (χ0) is 77.1. The van der Waals surface area contributed by atoms with Crippen LogP contribution in [0.2, 0.25) is 0 Å². The molecule has 0 aliphatic rings. The van der Waals surface area contributed by atoms with Crippen molar-refractivity contribution in [2.75, 3.05) is 52.5 Å². The number of aliphatic hydroxyl groups is 2. The Kier molecular flexibility index (Phi) is 77.3. The van der Waals surface area contributed by atoms with Crippen molar-refractivity contribution >= 4 is 23.9 Å². The Hall–Kier alpha value is -2.28. The van der Waals surface area contributed by atoms with Crippen LogP contribution in [0.3, 0.4) is 0 Å². The molecule has 0 heterocycles. The molecule has 0 saturated heterocycles. The predicted molar refractivity (Wildman–Crippen MR) is 447 cm³/mol. The summed E-state index contributed by atoms with van der Waals surface area (Å²) in [5, 5.41) is 58.7. The third-order valence-corrected chi connectivity index (χ3v) is 24.0. The zero-order valence-corrected chi connectivity index (χ0v) is 70.8. The quantitative estimate of drug-likeness (QED) is 0.0316. The summed E-state index contributed by atoms with van der Waals surface area (Å²) in [6, 6.07) is 0. The van der Waals surface area contributed by atoms with Crippen LogP contribution in [0.25, 0.3) is 0 Å². The van der Waals surface area contributed by atoms with Crippen LogP contribution in [0.1, 0.15) is 479 Å². The third kappa shape index (κ3) is 63.5. The Morgan fingerprint density at radius 2 is 0.413 bits per heavy atom. The molecule has 0 aromatic carbocycles. The first kappa shape index (κ1) is 104. The number of carbonyl (C=O) groups is 4. The topological polar surface area (TPSA) is 196 Å². The Morgan fingerprint density at radius 3 is 0.606 bits per heavy atom. The molecule has 0 radical (unpaired) electrons. The minimum Gasteiger partial charge on any atom is -0.481 e. The van der Waals surface area contributed by atoms with Gasteiger partial charge < -0.3 is 40.4 Å². The van der Waals surface area contributed by atoms with Gasteiger partial charge in [0, 0.05) is 25.9 Å². The summed E-state index contributed by atoms with van der Waals surface area (Å²) in [4.78, 5) is 52.7. The number of aliphatic hydroxyl groups excluding tert-OH is 2. The highest BCUT2D eigenvalue weighted by Crippen LogP contribution is 2.42. The average Bonchev–Trinajstić information content (AvgIpc) is 0.851. The molecule has 12 nitrogen and oxygen atoms in total. The molecule has 0 fully saturated rings. The monoisotopic (exact) mass is 1480 g/mol. The third-order valence-electron chi connectivity index (χ3n) is 24.0. The number of aliphatic carboxylic acids is 4. The van der Waals surface area contributed by atoms with Gasteiger partial charge in [0.05, 0.1) is 24.0 Å². The highest BCUT2D eigenvalue weighted by atomic mass is 16.4. The molecule has 0 atom stereocenters. The van der Waals surface area contributed by atoms with E-state index in [0.29, 0.717) is 13.1 Å². The van der Waals surface area contributed by atoms with E-state index in [1.165, 1.54) is 231 Å². The molecule has 0 aliphatic carbocycles. The average molecular weight is 1480 g/mol. The molecule has 0 amide bonds. The summed E-state index contributed by atoms with van der Waals surface area (Å²) >= 11 is 0. The Balaban J connectivity index is 0. The number of rotatable bonds is 84. The molecule has 0 aromatic heterocycles. The molecule has 620 valence electrons. The second kappa shape index (κ2) is 77.4. The first-order valence-electron chi connectivity index (χ1n) is 46.1. The van der Waals surface area contributed by atoms with E-state index < -0.39 is 34.7 Å². The molecule has 0 unspecified atom stereocenters.